The van der Waals surface area contributed by atoms with Crippen LogP contribution in [0.1, 0.15) is 29.0 Å². The molecule has 1 aliphatic carbocycles. The lowest BCUT2D eigenvalue weighted by Gasteiger charge is -2.20. The summed E-state index contributed by atoms with van der Waals surface area (Å²) in [6, 6.07) is 4.32. The summed E-state index contributed by atoms with van der Waals surface area (Å²) in [5, 5.41) is 9.01. The Labute approximate surface area is 157 Å². The van der Waals surface area contributed by atoms with Gasteiger partial charge in [0.2, 0.25) is 10.0 Å². The zero-order chi connectivity index (χ0) is 20.9. The van der Waals surface area contributed by atoms with Gasteiger partial charge in [0.15, 0.2) is 0 Å². The summed E-state index contributed by atoms with van der Waals surface area (Å²) in [4.78, 5) is 15.1. The monoisotopic (exact) mass is 413 g/mol. The van der Waals surface area contributed by atoms with Crippen LogP contribution in [-0.2, 0) is 17.1 Å². The van der Waals surface area contributed by atoms with Crippen molar-refractivity contribution in [3.63, 3.8) is 0 Å². The third-order valence-electron chi connectivity index (χ3n) is 4.46. The number of pyridine rings is 1. The maximum Gasteiger partial charge on any atom is 0.407 e. The quantitative estimate of drug-likeness (QED) is 0.766. The number of nitriles is 1. The summed E-state index contributed by atoms with van der Waals surface area (Å²) in [6.45, 7) is 0. The highest BCUT2D eigenvalue weighted by Crippen LogP contribution is 2.50. The molecule has 2 heterocycles. The number of sulfonamides is 1. The molecule has 0 saturated heterocycles. The van der Waals surface area contributed by atoms with Crippen LogP contribution >= 0.6 is 0 Å². The second kappa shape index (κ2) is 6.32. The number of nitrogens with zero attached hydrogens (tertiary/aromatic N) is 3. The van der Waals surface area contributed by atoms with E-state index in [2.05, 4.69) is 4.98 Å². The minimum absolute atomic E-state index is 0.0676. The van der Waals surface area contributed by atoms with Crippen molar-refractivity contribution in [2.45, 2.75) is 29.5 Å². The number of nitrogens with two attached hydrogens (primary N) is 1. The third-order valence-corrected chi connectivity index (χ3v) is 6.00. The van der Waals surface area contributed by atoms with E-state index in [1.54, 1.807) is 10.8 Å². The number of aromatic nitrogens is 2. The zero-order valence-corrected chi connectivity index (χ0v) is 15.2. The van der Waals surface area contributed by atoms with E-state index in [0.717, 1.165) is 10.8 Å². The van der Waals surface area contributed by atoms with E-state index in [4.69, 9.17) is 11.0 Å². The molecule has 1 amide bonds. The van der Waals surface area contributed by atoms with Gasteiger partial charge in [-0.05, 0) is 30.5 Å². The van der Waals surface area contributed by atoms with Gasteiger partial charge in [-0.25, -0.2) is 13.4 Å². The summed E-state index contributed by atoms with van der Waals surface area (Å²) in [5.41, 5.74) is 2.44. The standard InChI is InChI=1S/C16H14F3N5O3S/c1-24-8-11(28(26,27)23-15(3-4-15)16(17,18)19)12(13(24)14(21)25)9-2-5-22-10(6-9)7-20/h2,5-6,8,23H,3-4H2,1H3,(H2,21,25). The Hall–Kier alpha value is -2.91. The van der Waals surface area contributed by atoms with Crippen molar-refractivity contribution in [2.24, 2.45) is 12.8 Å². The van der Waals surface area contributed by atoms with Crippen LogP contribution in [0.15, 0.2) is 29.4 Å². The van der Waals surface area contributed by atoms with E-state index < -0.39 is 32.5 Å². The van der Waals surface area contributed by atoms with Gasteiger partial charge in [0.1, 0.15) is 27.9 Å². The van der Waals surface area contributed by atoms with Crippen molar-refractivity contribution in [2.75, 3.05) is 0 Å². The van der Waals surface area contributed by atoms with Gasteiger partial charge in [0.25, 0.3) is 5.91 Å². The van der Waals surface area contributed by atoms with Gasteiger partial charge < -0.3 is 10.3 Å². The second-order valence-corrected chi connectivity index (χ2v) is 8.07. The molecular weight excluding hydrogens is 399 g/mol. The van der Waals surface area contributed by atoms with Crippen molar-refractivity contribution in [1.29, 1.82) is 5.26 Å². The molecular formula is C16H14F3N5O3S. The fourth-order valence-corrected chi connectivity index (χ4v) is 4.63. The first-order chi connectivity index (χ1) is 12.9. The third kappa shape index (κ3) is 3.23. The van der Waals surface area contributed by atoms with Crippen molar-refractivity contribution < 1.29 is 26.4 Å². The molecule has 0 spiro atoms. The number of carbonyl (C=O) groups is 1. The average Bonchev–Trinajstić information content (AvgIpc) is 3.28. The van der Waals surface area contributed by atoms with Gasteiger partial charge in [-0.1, -0.05) is 0 Å². The largest absolute Gasteiger partial charge is 0.407 e. The Bertz CT molecular complexity index is 1110. The van der Waals surface area contributed by atoms with E-state index in [-0.39, 0.29) is 35.4 Å². The van der Waals surface area contributed by atoms with Crippen molar-refractivity contribution in [1.82, 2.24) is 14.3 Å². The molecule has 0 aliphatic heterocycles. The van der Waals surface area contributed by atoms with Crippen LogP contribution < -0.4 is 10.5 Å². The molecule has 1 fully saturated rings. The number of aryl methyl sites for hydroxylation is 1. The first-order valence-electron chi connectivity index (χ1n) is 7.88. The Balaban J connectivity index is 2.21. The van der Waals surface area contributed by atoms with Crippen LogP contribution in [0, 0.1) is 11.3 Å². The number of halogens is 3. The lowest BCUT2D eigenvalue weighted by molar-refractivity contribution is -0.160. The van der Waals surface area contributed by atoms with Gasteiger partial charge >= 0.3 is 6.18 Å². The summed E-state index contributed by atoms with van der Waals surface area (Å²) in [5.74, 6) is -0.980. The number of alkyl halides is 3. The number of carbonyl (C=O) groups excluding carboxylic acids is 1. The molecule has 0 radical (unpaired) electrons. The van der Waals surface area contributed by atoms with Gasteiger partial charge in [0, 0.05) is 25.0 Å². The van der Waals surface area contributed by atoms with Crippen molar-refractivity contribution >= 4 is 15.9 Å². The Kier molecular flexibility index (Phi) is 4.48. The van der Waals surface area contributed by atoms with Crippen LogP contribution in [0.2, 0.25) is 0 Å². The first kappa shape index (κ1) is 19.8. The van der Waals surface area contributed by atoms with Crippen molar-refractivity contribution in [3.8, 4) is 17.2 Å². The number of rotatable bonds is 5. The molecule has 0 bridgehead atoms. The highest BCUT2D eigenvalue weighted by Gasteiger charge is 2.65. The number of hydrogen-bond donors (Lipinski definition) is 2. The fraction of sp³-hybridized carbons (Fsp3) is 0.312. The molecule has 28 heavy (non-hydrogen) atoms. The minimum Gasteiger partial charge on any atom is -0.364 e. The molecule has 0 atom stereocenters. The Morgan fingerprint density at radius 2 is 2.07 bits per heavy atom. The summed E-state index contributed by atoms with van der Waals surface area (Å²) < 4.78 is 68.1. The second-order valence-electron chi connectivity index (χ2n) is 6.42. The molecule has 1 aliphatic rings. The Morgan fingerprint density at radius 1 is 1.43 bits per heavy atom. The minimum atomic E-state index is -4.76. The van der Waals surface area contributed by atoms with E-state index in [1.165, 1.54) is 25.4 Å². The predicted molar refractivity (Wildman–Crippen MR) is 90.2 cm³/mol. The lowest BCUT2D eigenvalue weighted by atomic mass is 10.1. The van der Waals surface area contributed by atoms with Crippen LogP contribution in [0.25, 0.3) is 11.1 Å². The topological polar surface area (TPSA) is 131 Å². The molecule has 2 aromatic heterocycles. The number of hydrogen-bond acceptors (Lipinski definition) is 5. The number of amides is 1. The highest BCUT2D eigenvalue weighted by atomic mass is 32.2. The molecule has 148 valence electrons. The van der Waals surface area contributed by atoms with Gasteiger partial charge in [0.05, 0.1) is 0 Å². The van der Waals surface area contributed by atoms with Gasteiger partial charge in [-0.3, -0.25) is 4.79 Å². The van der Waals surface area contributed by atoms with E-state index in [1.807, 2.05) is 0 Å². The van der Waals surface area contributed by atoms with Crippen LogP contribution in [0.3, 0.4) is 0 Å². The average molecular weight is 413 g/mol. The summed E-state index contributed by atoms with van der Waals surface area (Å²) >= 11 is 0. The van der Waals surface area contributed by atoms with Crippen LogP contribution in [0.5, 0.6) is 0 Å². The first-order valence-corrected chi connectivity index (χ1v) is 9.36. The smallest absolute Gasteiger partial charge is 0.364 e. The van der Waals surface area contributed by atoms with E-state index >= 15 is 0 Å². The SMILES string of the molecule is Cn1cc(S(=O)(=O)NC2(C(F)(F)F)CC2)c(-c2ccnc(C#N)c2)c1C(N)=O. The Morgan fingerprint density at radius 3 is 2.57 bits per heavy atom. The molecule has 1 saturated carbocycles. The predicted octanol–water partition coefficient (Wildman–Crippen LogP) is 1.43. The maximum absolute atomic E-state index is 13.2. The molecule has 0 unspecified atom stereocenters. The molecule has 12 heteroatoms. The molecule has 8 nitrogen and oxygen atoms in total. The van der Waals surface area contributed by atoms with Crippen LogP contribution in [0.4, 0.5) is 13.2 Å². The summed E-state index contributed by atoms with van der Waals surface area (Å²) in [7, 11) is -3.34. The maximum atomic E-state index is 13.2. The van der Waals surface area contributed by atoms with E-state index in [0.29, 0.717) is 0 Å². The lowest BCUT2D eigenvalue weighted by Crippen LogP contribution is -2.47. The normalized spacial score (nSPS) is 15.8. The molecule has 3 N–H and O–H groups in total. The molecule has 3 rings (SSSR count). The highest BCUT2D eigenvalue weighted by molar-refractivity contribution is 7.89. The molecule has 0 aromatic carbocycles. The van der Waals surface area contributed by atoms with Gasteiger partial charge in [-0.15, -0.1) is 0 Å². The molecule has 2 aromatic rings. The number of nitrogens with one attached hydrogen (secondary N) is 1. The van der Waals surface area contributed by atoms with Gasteiger partial charge in [-0.2, -0.15) is 23.2 Å². The summed E-state index contributed by atoms with van der Waals surface area (Å²) in [6.07, 6.45) is -3.29. The fourth-order valence-electron chi connectivity index (χ4n) is 2.91. The number of primary amides is 1. The van der Waals surface area contributed by atoms with Crippen LogP contribution in [-0.4, -0.2) is 35.6 Å². The van der Waals surface area contributed by atoms with E-state index in [9.17, 15) is 26.4 Å². The zero-order valence-electron chi connectivity index (χ0n) is 14.4. The van der Waals surface area contributed by atoms with Crippen molar-refractivity contribution in [3.05, 3.63) is 35.9 Å².